The molecule has 0 unspecified atom stereocenters. The third-order valence-corrected chi connectivity index (χ3v) is 5.37. The molecule has 0 radical (unpaired) electrons. The van der Waals surface area contributed by atoms with Gasteiger partial charge in [-0.05, 0) is 25.3 Å². The molecule has 1 heterocycles. The van der Waals surface area contributed by atoms with Gasteiger partial charge in [0.2, 0.25) is 10.0 Å². The van der Waals surface area contributed by atoms with Gasteiger partial charge in [0.05, 0.1) is 24.2 Å². The van der Waals surface area contributed by atoms with E-state index >= 15 is 0 Å². The van der Waals surface area contributed by atoms with Crippen molar-refractivity contribution in [1.29, 1.82) is 0 Å². The summed E-state index contributed by atoms with van der Waals surface area (Å²) >= 11 is 1.24. The largest absolute Gasteiger partial charge is 0.391 e. The van der Waals surface area contributed by atoms with Crippen molar-refractivity contribution in [2.24, 2.45) is 0 Å². The van der Waals surface area contributed by atoms with Gasteiger partial charge < -0.3 is 9.84 Å². The van der Waals surface area contributed by atoms with Gasteiger partial charge in [-0.1, -0.05) is 0 Å². The quantitative estimate of drug-likeness (QED) is 0.822. The van der Waals surface area contributed by atoms with Crippen LogP contribution in [0.1, 0.15) is 18.7 Å². The van der Waals surface area contributed by atoms with E-state index in [1.54, 1.807) is 5.38 Å². The molecule has 0 aliphatic rings. The highest BCUT2D eigenvalue weighted by atomic mass is 32.2. The molecule has 1 aromatic heterocycles. The van der Waals surface area contributed by atoms with Crippen molar-refractivity contribution in [3.05, 3.63) is 16.3 Å². The minimum atomic E-state index is -3.53. The average molecular weight is 293 g/mol. The van der Waals surface area contributed by atoms with Crippen LogP contribution in [-0.4, -0.2) is 44.1 Å². The number of ether oxygens (including phenoxy) is 1. The van der Waals surface area contributed by atoms with Crippen molar-refractivity contribution in [2.75, 3.05) is 20.2 Å². The highest BCUT2D eigenvalue weighted by Gasteiger charge is 2.24. The van der Waals surface area contributed by atoms with Gasteiger partial charge in [0.1, 0.15) is 0 Å². The van der Waals surface area contributed by atoms with Gasteiger partial charge >= 0.3 is 0 Å². The zero-order chi connectivity index (χ0) is 13.8. The lowest BCUT2D eigenvalue weighted by Gasteiger charge is -2.18. The first-order chi connectivity index (χ1) is 8.39. The highest BCUT2D eigenvalue weighted by Crippen LogP contribution is 2.24. The lowest BCUT2D eigenvalue weighted by molar-refractivity contribution is 0.0737. The fourth-order valence-corrected chi connectivity index (χ4v) is 3.80. The Balaban J connectivity index is 2.74. The number of thiophene rings is 1. The van der Waals surface area contributed by atoms with E-state index in [4.69, 9.17) is 9.84 Å². The first-order valence-corrected chi connectivity index (χ1v) is 7.96. The number of nitrogens with zero attached hydrogens (tertiary/aromatic N) is 1. The summed E-state index contributed by atoms with van der Waals surface area (Å²) in [5.74, 6) is 0. The summed E-state index contributed by atoms with van der Waals surface area (Å²) in [5.41, 5.74) is 0. The van der Waals surface area contributed by atoms with Gasteiger partial charge in [0.25, 0.3) is 0 Å². The Morgan fingerprint density at radius 2 is 2.17 bits per heavy atom. The van der Waals surface area contributed by atoms with Crippen molar-refractivity contribution in [2.45, 2.75) is 31.5 Å². The first kappa shape index (κ1) is 15.6. The van der Waals surface area contributed by atoms with Crippen LogP contribution < -0.4 is 0 Å². The molecular formula is C11H19NO4S2. The van der Waals surface area contributed by atoms with Gasteiger partial charge in [-0.3, -0.25) is 0 Å². The molecule has 0 atom stereocenters. The topological polar surface area (TPSA) is 66.8 Å². The van der Waals surface area contributed by atoms with Crippen molar-refractivity contribution >= 4 is 21.4 Å². The maximum absolute atomic E-state index is 12.2. The van der Waals surface area contributed by atoms with E-state index in [1.807, 2.05) is 13.8 Å². The van der Waals surface area contributed by atoms with Crippen LogP contribution in [0.4, 0.5) is 0 Å². The van der Waals surface area contributed by atoms with Crippen LogP contribution in [0.25, 0.3) is 0 Å². The number of aliphatic hydroxyl groups excluding tert-OH is 1. The van der Waals surface area contributed by atoms with Crippen LogP contribution in [0.3, 0.4) is 0 Å². The number of likely N-dealkylation sites (N-methyl/N-ethyl adjacent to an activating group) is 1. The monoisotopic (exact) mass is 293 g/mol. The van der Waals surface area contributed by atoms with Gasteiger partial charge in [-0.25, -0.2) is 8.42 Å². The summed E-state index contributed by atoms with van der Waals surface area (Å²) in [6.07, 6.45) is 0.0789. The fourth-order valence-electron chi connectivity index (χ4n) is 1.38. The molecule has 0 spiro atoms. The van der Waals surface area contributed by atoms with E-state index in [0.717, 1.165) is 0 Å². The molecule has 0 aromatic carbocycles. The van der Waals surface area contributed by atoms with E-state index in [0.29, 0.717) is 18.0 Å². The van der Waals surface area contributed by atoms with Crippen LogP contribution in [0.5, 0.6) is 0 Å². The third kappa shape index (κ3) is 3.76. The maximum atomic E-state index is 12.2. The maximum Gasteiger partial charge on any atom is 0.244 e. The summed E-state index contributed by atoms with van der Waals surface area (Å²) in [7, 11) is -2.02. The van der Waals surface area contributed by atoms with E-state index in [1.165, 1.54) is 28.8 Å². The molecular weight excluding hydrogens is 274 g/mol. The molecule has 0 saturated carbocycles. The van der Waals surface area contributed by atoms with Crippen molar-refractivity contribution in [3.63, 3.8) is 0 Å². The Bertz CT molecular complexity index is 467. The standard InChI is InChI=1S/C11H19NO4S2/c1-9(2)16-6-5-12(3)18(14,15)11-4-7-17-10(11)8-13/h4,7,9,13H,5-6,8H2,1-3H3. The normalized spacial score (nSPS) is 12.6. The molecule has 7 heteroatoms. The summed E-state index contributed by atoms with van der Waals surface area (Å²) in [5, 5.41) is 10.8. The minimum absolute atomic E-state index is 0.0789. The molecule has 104 valence electrons. The minimum Gasteiger partial charge on any atom is -0.391 e. The first-order valence-electron chi connectivity index (χ1n) is 5.64. The summed E-state index contributed by atoms with van der Waals surface area (Å²) < 4.78 is 31.0. The van der Waals surface area contributed by atoms with Crippen LogP contribution >= 0.6 is 11.3 Å². The molecule has 0 fully saturated rings. The van der Waals surface area contributed by atoms with Crippen LogP contribution in [0.15, 0.2) is 16.3 Å². The predicted molar refractivity (Wildman–Crippen MR) is 71.1 cm³/mol. The van der Waals surface area contributed by atoms with Crippen LogP contribution in [0, 0.1) is 0 Å². The Morgan fingerprint density at radius 1 is 1.50 bits per heavy atom. The fraction of sp³-hybridized carbons (Fsp3) is 0.636. The van der Waals surface area contributed by atoms with Crippen LogP contribution in [-0.2, 0) is 21.4 Å². The number of sulfonamides is 1. The second-order valence-corrected chi connectivity index (χ2v) is 7.13. The molecule has 0 aliphatic carbocycles. The lowest BCUT2D eigenvalue weighted by atomic mass is 10.5. The molecule has 0 saturated heterocycles. The van der Waals surface area contributed by atoms with Gasteiger partial charge in [0.15, 0.2) is 0 Å². The molecule has 0 bridgehead atoms. The average Bonchev–Trinajstić information content (AvgIpc) is 2.76. The molecule has 0 amide bonds. The second kappa shape index (κ2) is 6.63. The smallest absolute Gasteiger partial charge is 0.244 e. The molecule has 18 heavy (non-hydrogen) atoms. The zero-order valence-corrected chi connectivity index (χ0v) is 12.4. The lowest BCUT2D eigenvalue weighted by Crippen LogP contribution is -2.31. The Labute approximate surface area is 112 Å². The van der Waals surface area contributed by atoms with E-state index in [-0.39, 0.29) is 17.6 Å². The zero-order valence-electron chi connectivity index (χ0n) is 10.8. The van der Waals surface area contributed by atoms with Crippen molar-refractivity contribution in [3.8, 4) is 0 Å². The molecule has 1 N–H and O–H groups in total. The molecule has 5 nitrogen and oxygen atoms in total. The predicted octanol–water partition coefficient (Wildman–Crippen LogP) is 1.29. The number of aliphatic hydroxyl groups is 1. The highest BCUT2D eigenvalue weighted by molar-refractivity contribution is 7.89. The number of hydrogen-bond donors (Lipinski definition) is 1. The van der Waals surface area contributed by atoms with E-state index in [2.05, 4.69) is 0 Å². The number of hydrogen-bond acceptors (Lipinski definition) is 5. The van der Waals surface area contributed by atoms with Gasteiger partial charge in [-0.2, -0.15) is 4.31 Å². The van der Waals surface area contributed by atoms with Crippen LogP contribution in [0.2, 0.25) is 0 Å². The summed E-state index contributed by atoms with van der Waals surface area (Å²) in [4.78, 5) is 0.647. The van der Waals surface area contributed by atoms with Crippen molar-refractivity contribution in [1.82, 2.24) is 4.31 Å². The summed E-state index contributed by atoms with van der Waals surface area (Å²) in [6, 6.07) is 1.52. The molecule has 1 aromatic rings. The summed E-state index contributed by atoms with van der Waals surface area (Å²) in [6.45, 7) is 4.18. The van der Waals surface area contributed by atoms with Gasteiger partial charge in [-0.15, -0.1) is 11.3 Å². The third-order valence-electron chi connectivity index (χ3n) is 2.39. The van der Waals surface area contributed by atoms with E-state index in [9.17, 15) is 8.42 Å². The molecule has 1 rings (SSSR count). The Kier molecular flexibility index (Phi) is 5.74. The van der Waals surface area contributed by atoms with Gasteiger partial charge in [0, 0.05) is 18.5 Å². The Hall–Kier alpha value is -0.470. The number of rotatable bonds is 7. The SMILES string of the molecule is CC(C)OCCN(C)S(=O)(=O)c1ccsc1CO. The Morgan fingerprint density at radius 3 is 2.72 bits per heavy atom. The van der Waals surface area contributed by atoms with Crippen molar-refractivity contribution < 1.29 is 18.3 Å². The second-order valence-electron chi connectivity index (χ2n) is 4.11. The van der Waals surface area contributed by atoms with E-state index < -0.39 is 10.0 Å². The molecule has 0 aliphatic heterocycles.